The number of alkyl halides is 2. The molecule has 0 aliphatic rings. The molecule has 3 rings (SSSR count). The van der Waals surface area contributed by atoms with Gasteiger partial charge < -0.3 is 4.52 Å². The Labute approximate surface area is 134 Å². The molecule has 2 heterocycles. The van der Waals surface area contributed by atoms with E-state index in [1.165, 1.54) is 17.5 Å². The van der Waals surface area contributed by atoms with E-state index in [9.17, 15) is 13.6 Å². The first-order valence-electron chi connectivity index (χ1n) is 6.64. The second-order valence-corrected chi connectivity index (χ2v) is 6.20. The van der Waals surface area contributed by atoms with E-state index < -0.39 is 11.8 Å². The highest BCUT2D eigenvalue weighted by molar-refractivity contribution is 7.13. The molecule has 0 amide bonds. The van der Waals surface area contributed by atoms with Gasteiger partial charge in [0.2, 0.25) is 11.6 Å². The number of carbonyl (C=O) groups excluding carboxylic acids is 1. The van der Waals surface area contributed by atoms with Crippen molar-refractivity contribution in [2.75, 3.05) is 0 Å². The third kappa shape index (κ3) is 3.16. The summed E-state index contributed by atoms with van der Waals surface area (Å²) in [6.07, 6.45) is 1.53. The maximum Gasteiger partial charge on any atom is 0.322 e. The van der Waals surface area contributed by atoms with Gasteiger partial charge >= 0.3 is 5.92 Å². The van der Waals surface area contributed by atoms with Gasteiger partial charge in [-0.15, -0.1) is 11.3 Å². The minimum absolute atomic E-state index is 0.0501. The first-order chi connectivity index (χ1) is 10.8. The number of hydrogen-bond acceptors (Lipinski definition) is 6. The number of halogens is 2. The Morgan fingerprint density at radius 1 is 1.26 bits per heavy atom. The van der Waals surface area contributed by atoms with Crippen LogP contribution in [0.5, 0.6) is 0 Å². The fourth-order valence-corrected chi connectivity index (χ4v) is 2.64. The average molecular weight is 335 g/mol. The molecule has 118 valence electrons. The molecule has 0 atom stereocenters. The van der Waals surface area contributed by atoms with Crippen molar-refractivity contribution in [2.24, 2.45) is 0 Å². The highest BCUT2D eigenvalue weighted by atomic mass is 32.1. The molecule has 5 nitrogen and oxygen atoms in total. The summed E-state index contributed by atoms with van der Waals surface area (Å²) in [5.41, 5.74) is 0.961. The smallest absolute Gasteiger partial charge is 0.322 e. The molecule has 23 heavy (non-hydrogen) atoms. The molecule has 0 saturated carbocycles. The fraction of sp³-hybridized carbons (Fsp3) is 0.200. The Morgan fingerprint density at radius 3 is 2.48 bits per heavy atom. The van der Waals surface area contributed by atoms with E-state index >= 15 is 0 Å². The van der Waals surface area contributed by atoms with E-state index in [2.05, 4.69) is 19.6 Å². The van der Waals surface area contributed by atoms with E-state index in [4.69, 9.17) is 0 Å². The van der Waals surface area contributed by atoms with Gasteiger partial charge in [0, 0.05) is 24.2 Å². The predicted octanol–water partition coefficient (Wildman–Crippen LogP) is 3.84. The van der Waals surface area contributed by atoms with Crippen molar-refractivity contribution in [3.05, 3.63) is 51.8 Å². The molecular weight excluding hydrogens is 324 g/mol. The Hall–Kier alpha value is -2.48. The first kappa shape index (κ1) is 15.4. The van der Waals surface area contributed by atoms with Gasteiger partial charge in [-0.05, 0) is 6.92 Å². The summed E-state index contributed by atoms with van der Waals surface area (Å²) >= 11 is 1.31. The minimum atomic E-state index is -3.19. The summed E-state index contributed by atoms with van der Waals surface area (Å²) in [6.45, 7) is 2.50. The number of nitrogens with zero attached hydrogens (tertiary/aromatic N) is 3. The number of rotatable bonds is 4. The van der Waals surface area contributed by atoms with E-state index in [0.29, 0.717) is 22.9 Å². The zero-order chi connectivity index (χ0) is 16.6. The van der Waals surface area contributed by atoms with Crippen LogP contribution in [0.2, 0.25) is 0 Å². The molecule has 0 saturated heterocycles. The highest BCUT2D eigenvalue weighted by Gasteiger charge is 2.32. The van der Waals surface area contributed by atoms with E-state index in [1.54, 1.807) is 24.3 Å². The Bertz CT molecular complexity index is 850. The summed E-state index contributed by atoms with van der Waals surface area (Å²) in [5, 5.41) is 4.34. The van der Waals surface area contributed by atoms with Crippen molar-refractivity contribution in [1.82, 2.24) is 15.1 Å². The lowest BCUT2D eigenvalue weighted by molar-refractivity contribution is -0.0158. The minimum Gasteiger partial charge on any atom is -0.332 e. The average Bonchev–Trinajstić information content (AvgIpc) is 3.15. The second-order valence-electron chi connectivity index (χ2n) is 4.96. The molecule has 0 fully saturated rings. The van der Waals surface area contributed by atoms with Crippen molar-refractivity contribution in [1.29, 1.82) is 0 Å². The zero-order valence-corrected chi connectivity index (χ0v) is 13.0. The lowest BCUT2D eigenvalue weighted by Crippen LogP contribution is -2.07. The third-order valence-electron chi connectivity index (χ3n) is 3.05. The van der Waals surface area contributed by atoms with Crippen LogP contribution in [0.25, 0.3) is 11.4 Å². The van der Waals surface area contributed by atoms with Crippen molar-refractivity contribution < 1.29 is 18.1 Å². The van der Waals surface area contributed by atoms with Crippen molar-refractivity contribution >= 4 is 17.1 Å². The summed E-state index contributed by atoms with van der Waals surface area (Å²) in [4.78, 5) is 20.5. The molecule has 0 spiro atoms. The fourth-order valence-electron chi connectivity index (χ4n) is 1.90. The molecule has 0 N–H and O–H groups in total. The van der Waals surface area contributed by atoms with Gasteiger partial charge in [-0.1, -0.05) is 29.4 Å². The summed E-state index contributed by atoms with van der Waals surface area (Å²) < 4.78 is 30.7. The topological polar surface area (TPSA) is 68.9 Å². The molecular formula is C15H11F2N3O2S. The number of benzene rings is 1. The molecule has 0 aliphatic carbocycles. The summed E-state index contributed by atoms with van der Waals surface area (Å²) in [7, 11) is 0. The Balaban J connectivity index is 1.85. The van der Waals surface area contributed by atoms with Crippen LogP contribution >= 0.6 is 11.3 Å². The number of aromatic nitrogens is 3. The van der Waals surface area contributed by atoms with Crippen LogP contribution in [0.3, 0.4) is 0 Å². The number of thiazole rings is 1. The molecule has 0 bridgehead atoms. The lowest BCUT2D eigenvalue weighted by atomic mass is 10.1. The van der Waals surface area contributed by atoms with Gasteiger partial charge in [0.25, 0.3) is 5.89 Å². The number of aryl methyl sites for hydroxylation is 1. The Morgan fingerprint density at radius 2 is 1.96 bits per heavy atom. The van der Waals surface area contributed by atoms with Gasteiger partial charge in [-0.2, -0.15) is 13.8 Å². The molecule has 3 aromatic rings. The third-order valence-corrected chi connectivity index (χ3v) is 3.96. The quantitative estimate of drug-likeness (QED) is 0.678. The van der Waals surface area contributed by atoms with Crippen LogP contribution in [0.15, 0.2) is 35.0 Å². The summed E-state index contributed by atoms with van der Waals surface area (Å²) in [5.74, 6) is -4.02. The second kappa shape index (κ2) is 5.62. The van der Waals surface area contributed by atoms with Crippen LogP contribution in [0, 0.1) is 6.92 Å². The molecule has 0 unspecified atom stereocenters. The highest BCUT2D eigenvalue weighted by Crippen LogP contribution is 2.27. The molecule has 0 radical (unpaired) electrons. The van der Waals surface area contributed by atoms with Gasteiger partial charge in [0.15, 0.2) is 0 Å². The van der Waals surface area contributed by atoms with Crippen LogP contribution in [-0.2, 0) is 5.92 Å². The van der Waals surface area contributed by atoms with E-state index in [0.717, 1.165) is 5.01 Å². The van der Waals surface area contributed by atoms with Gasteiger partial charge in [0.05, 0.1) is 9.88 Å². The van der Waals surface area contributed by atoms with Crippen molar-refractivity contribution in [3.63, 3.8) is 0 Å². The maximum atomic E-state index is 13.1. The zero-order valence-electron chi connectivity index (χ0n) is 12.2. The van der Waals surface area contributed by atoms with E-state index in [-0.39, 0.29) is 11.6 Å². The molecule has 1 aromatic carbocycles. The number of hydrogen-bond donors (Lipinski definition) is 0. The Kier molecular flexibility index (Phi) is 3.77. The normalized spacial score (nSPS) is 11.7. The van der Waals surface area contributed by atoms with Gasteiger partial charge in [0.1, 0.15) is 0 Å². The van der Waals surface area contributed by atoms with Gasteiger partial charge in [-0.25, -0.2) is 4.98 Å². The molecule has 0 aliphatic heterocycles. The van der Waals surface area contributed by atoms with Crippen LogP contribution < -0.4 is 0 Å². The SMILES string of the molecule is Cc1ncc(C(=O)c2ccc(-c3noc(C(C)(F)F)n3)cc2)s1. The molecule has 8 heteroatoms. The van der Waals surface area contributed by atoms with Crippen molar-refractivity contribution in [3.8, 4) is 11.4 Å². The molecule has 2 aromatic heterocycles. The summed E-state index contributed by atoms with van der Waals surface area (Å²) in [6, 6.07) is 6.35. The number of ketones is 1. The standard InChI is InChI=1S/C15H11F2N3O2S/c1-8-18-7-11(23-8)12(21)9-3-5-10(6-4-9)13-19-14(22-20-13)15(2,16)17/h3-7H,1-2H3. The first-order valence-corrected chi connectivity index (χ1v) is 7.46. The van der Waals surface area contributed by atoms with Crippen LogP contribution in [-0.4, -0.2) is 20.9 Å². The number of carbonyl (C=O) groups is 1. The van der Waals surface area contributed by atoms with Gasteiger partial charge in [-0.3, -0.25) is 4.79 Å². The maximum absolute atomic E-state index is 13.1. The monoisotopic (exact) mass is 335 g/mol. The van der Waals surface area contributed by atoms with E-state index in [1.807, 2.05) is 6.92 Å². The lowest BCUT2D eigenvalue weighted by Gasteiger charge is -2.01. The van der Waals surface area contributed by atoms with Crippen LogP contribution in [0.4, 0.5) is 8.78 Å². The van der Waals surface area contributed by atoms with Crippen LogP contribution in [0.1, 0.15) is 33.1 Å². The predicted molar refractivity (Wildman–Crippen MR) is 79.6 cm³/mol. The van der Waals surface area contributed by atoms with Crippen molar-refractivity contribution in [2.45, 2.75) is 19.8 Å². The largest absolute Gasteiger partial charge is 0.332 e.